The number of ether oxygens (including phenoxy) is 1. The standard InChI is InChI=1S/C18H26N2O4S/c1-14-8-9-16(25(22,23)20-10-11-24-2)12-17(14)18(21)19-13-15-6-4-3-5-7-15/h3-4,8-9,12,15,20H,5-7,10-11,13H2,1-2H3,(H,19,21). The predicted octanol–water partition coefficient (Wildman–Crippen LogP) is 2.01. The highest BCUT2D eigenvalue weighted by atomic mass is 32.2. The molecule has 1 amide bonds. The van der Waals surface area contributed by atoms with Gasteiger partial charge in [0.05, 0.1) is 11.5 Å². The van der Waals surface area contributed by atoms with E-state index in [1.807, 2.05) is 0 Å². The van der Waals surface area contributed by atoms with Gasteiger partial charge in [0.25, 0.3) is 5.91 Å². The van der Waals surface area contributed by atoms with Crippen LogP contribution in [0.1, 0.15) is 35.2 Å². The number of methoxy groups -OCH3 is 1. The van der Waals surface area contributed by atoms with Gasteiger partial charge < -0.3 is 10.1 Å². The molecule has 7 heteroatoms. The van der Waals surface area contributed by atoms with Crippen molar-refractivity contribution in [2.24, 2.45) is 5.92 Å². The van der Waals surface area contributed by atoms with E-state index in [1.165, 1.54) is 19.2 Å². The first kappa shape index (κ1) is 19.6. The van der Waals surface area contributed by atoms with Crippen molar-refractivity contribution >= 4 is 15.9 Å². The van der Waals surface area contributed by atoms with Gasteiger partial charge in [0.1, 0.15) is 0 Å². The predicted molar refractivity (Wildman–Crippen MR) is 97.1 cm³/mol. The van der Waals surface area contributed by atoms with Crippen LogP contribution in [0.25, 0.3) is 0 Å². The summed E-state index contributed by atoms with van der Waals surface area (Å²) in [6, 6.07) is 4.59. The average Bonchev–Trinajstić information content (AvgIpc) is 2.61. The van der Waals surface area contributed by atoms with Crippen LogP contribution in [-0.2, 0) is 14.8 Å². The molecule has 0 heterocycles. The van der Waals surface area contributed by atoms with Crippen LogP contribution in [0.5, 0.6) is 0 Å². The molecule has 2 rings (SSSR count). The van der Waals surface area contributed by atoms with E-state index in [0.29, 0.717) is 18.0 Å². The summed E-state index contributed by atoms with van der Waals surface area (Å²) in [4.78, 5) is 12.6. The lowest BCUT2D eigenvalue weighted by Gasteiger charge is -2.18. The summed E-state index contributed by atoms with van der Waals surface area (Å²) < 4.78 is 31.9. The van der Waals surface area contributed by atoms with Crippen molar-refractivity contribution in [2.75, 3.05) is 26.8 Å². The number of allylic oxidation sites excluding steroid dienone is 2. The fraction of sp³-hybridized carbons (Fsp3) is 0.500. The lowest BCUT2D eigenvalue weighted by molar-refractivity contribution is 0.0945. The Kier molecular flexibility index (Phi) is 7.16. The number of hydrogen-bond donors (Lipinski definition) is 2. The number of hydrogen-bond acceptors (Lipinski definition) is 4. The van der Waals surface area contributed by atoms with Crippen LogP contribution in [0.4, 0.5) is 0 Å². The smallest absolute Gasteiger partial charge is 0.251 e. The minimum atomic E-state index is -3.66. The fourth-order valence-electron chi connectivity index (χ4n) is 2.75. The van der Waals surface area contributed by atoms with Crippen LogP contribution < -0.4 is 10.0 Å². The van der Waals surface area contributed by atoms with Crippen molar-refractivity contribution in [3.8, 4) is 0 Å². The van der Waals surface area contributed by atoms with Gasteiger partial charge in [0.15, 0.2) is 0 Å². The molecule has 0 saturated heterocycles. The molecular weight excluding hydrogens is 340 g/mol. The first-order chi connectivity index (χ1) is 11.9. The number of rotatable bonds is 8. The summed E-state index contributed by atoms with van der Waals surface area (Å²) in [6.45, 7) is 2.87. The van der Waals surface area contributed by atoms with E-state index >= 15 is 0 Å². The average molecular weight is 366 g/mol. The molecule has 0 saturated carbocycles. The number of amides is 1. The monoisotopic (exact) mass is 366 g/mol. The molecule has 6 nitrogen and oxygen atoms in total. The first-order valence-corrected chi connectivity index (χ1v) is 9.95. The van der Waals surface area contributed by atoms with Crippen LogP contribution >= 0.6 is 0 Å². The van der Waals surface area contributed by atoms with Gasteiger partial charge in [-0.2, -0.15) is 0 Å². The number of sulfonamides is 1. The number of aryl methyl sites for hydroxylation is 1. The number of nitrogens with one attached hydrogen (secondary N) is 2. The van der Waals surface area contributed by atoms with Gasteiger partial charge in [-0.25, -0.2) is 13.1 Å². The number of carbonyl (C=O) groups is 1. The van der Waals surface area contributed by atoms with E-state index in [0.717, 1.165) is 24.8 Å². The number of carbonyl (C=O) groups excluding carboxylic acids is 1. The zero-order chi connectivity index (χ0) is 18.3. The van der Waals surface area contributed by atoms with Crippen molar-refractivity contribution in [2.45, 2.75) is 31.1 Å². The van der Waals surface area contributed by atoms with E-state index in [4.69, 9.17) is 4.74 Å². The van der Waals surface area contributed by atoms with Crippen LogP contribution in [0.2, 0.25) is 0 Å². The van der Waals surface area contributed by atoms with Crippen LogP contribution in [0, 0.1) is 12.8 Å². The maximum atomic E-state index is 12.5. The Balaban J connectivity index is 2.06. The molecule has 1 aliphatic carbocycles. The summed E-state index contributed by atoms with van der Waals surface area (Å²) in [5, 5.41) is 2.93. The van der Waals surface area contributed by atoms with E-state index in [1.54, 1.807) is 13.0 Å². The Morgan fingerprint density at radius 2 is 2.12 bits per heavy atom. The highest BCUT2D eigenvalue weighted by Gasteiger charge is 2.18. The molecule has 2 N–H and O–H groups in total. The van der Waals surface area contributed by atoms with Gasteiger partial charge in [0.2, 0.25) is 10.0 Å². The zero-order valence-corrected chi connectivity index (χ0v) is 15.6. The third kappa shape index (κ3) is 5.66. The van der Waals surface area contributed by atoms with Crippen molar-refractivity contribution in [3.05, 3.63) is 41.5 Å². The van der Waals surface area contributed by atoms with Gasteiger partial charge >= 0.3 is 0 Å². The third-order valence-corrected chi connectivity index (χ3v) is 5.75. The maximum Gasteiger partial charge on any atom is 0.251 e. The first-order valence-electron chi connectivity index (χ1n) is 8.46. The molecule has 1 aromatic rings. The Bertz CT molecular complexity index is 729. The van der Waals surface area contributed by atoms with Gasteiger partial charge in [-0.1, -0.05) is 18.2 Å². The zero-order valence-electron chi connectivity index (χ0n) is 14.7. The molecule has 25 heavy (non-hydrogen) atoms. The second-order valence-electron chi connectivity index (χ2n) is 6.23. The molecule has 0 aliphatic heterocycles. The largest absolute Gasteiger partial charge is 0.383 e. The Hall–Kier alpha value is -1.70. The third-order valence-electron chi connectivity index (χ3n) is 4.29. The molecule has 0 radical (unpaired) electrons. The molecule has 0 spiro atoms. The fourth-order valence-corrected chi connectivity index (χ4v) is 3.79. The van der Waals surface area contributed by atoms with Crippen molar-refractivity contribution < 1.29 is 17.9 Å². The highest BCUT2D eigenvalue weighted by Crippen LogP contribution is 2.18. The molecule has 1 unspecified atom stereocenters. The second kappa shape index (κ2) is 9.12. The van der Waals surface area contributed by atoms with Gasteiger partial charge in [-0.05, 0) is 49.8 Å². The minimum absolute atomic E-state index is 0.0833. The molecule has 0 fully saturated rings. The summed E-state index contributed by atoms with van der Waals surface area (Å²) in [5.74, 6) is 0.206. The highest BCUT2D eigenvalue weighted by molar-refractivity contribution is 7.89. The quantitative estimate of drug-likeness (QED) is 0.544. The SMILES string of the molecule is COCCNS(=O)(=O)c1ccc(C)c(C(=O)NCC2CC=CCC2)c1. The molecular formula is C18H26N2O4S. The van der Waals surface area contributed by atoms with Crippen molar-refractivity contribution in [1.82, 2.24) is 10.0 Å². The van der Waals surface area contributed by atoms with E-state index in [9.17, 15) is 13.2 Å². The molecule has 138 valence electrons. The summed E-state index contributed by atoms with van der Waals surface area (Å²) >= 11 is 0. The second-order valence-corrected chi connectivity index (χ2v) is 7.99. The molecule has 1 aromatic carbocycles. The van der Waals surface area contributed by atoms with Gasteiger partial charge in [-0.3, -0.25) is 4.79 Å². The lowest BCUT2D eigenvalue weighted by atomic mass is 9.94. The van der Waals surface area contributed by atoms with Crippen molar-refractivity contribution in [3.63, 3.8) is 0 Å². The Morgan fingerprint density at radius 3 is 2.80 bits per heavy atom. The van der Waals surface area contributed by atoms with Crippen molar-refractivity contribution in [1.29, 1.82) is 0 Å². The summed E-state index contributed by atoms with van der Waals surface area (Å²) in [6.07, 6.45) is 7.38. The van der Waals surface area contributed by atoms with Crippen LogP contribution in [0.3, 0.4) is 0 Å². The lowest BCUT2D eigenvalue weighted by Crippen LogP contribution is -2.31. The summed E-state index contributed by atoms with van der Waals surface area (Å²) in [7, 11) is -2.16. The van der Waals surface area contributed by atoms with Crippen LogP contribution in [-0.4, -0.2) is 41.1 Å². The normalized spacial score (nSPS) is 17.4. The summed E-state index contributed by atoms with van der Waals surface area (Å²) in [5.41, 5.74) is 1.14. The Labute approximate surface area is 149 Å². The molecule has 0 bridgehead atoms. The number of benzene rings is 1. The van der Waals surface area contributed by atoms with E-state index in [-0.39, 0.29) is 24.0 Å². The van der Waals surface area contributed by atoms with Gasteiger partial charge in [-0.15, -0.1) is 0 Å². The van der Waals surface area contributed by atoms with Gasteiger partial charge in [0, 0.05) is 25.8 Å². The maximum absolute atomic E-state index is 12.5. The van der Waals surface area contributed by atoms with E-state index < -0.39 is 10.0 Å². The minimum Gasteiger partial charge on any atom is -0.383 e. The molecule has 1 atom stereocenters. The molecule has 0 aromatic heterocycles. The Morgan fingerprint density at radius 1 is 1.32 bits per heavy atom. The molecule has 1 aliphatic rings. The topological polar surface area (TPSA) is 84.5 Å². The van der Waals surface area contributed by atoms with E-state index in [2.05, 4.69) is 22.2 Å². The van der Waals surface area contributed by atoms with Crippen LogP contribution in [0.15, 0.2) is 35.2 Å².